The molecule has 1 aromatic heterocycles. The van der Waals surface area contributed by atoms with E-state index in [0.29, 0.717) is 32.7 Å². The molecule has 8 nitrogen and oxygen atoms in total. The van der Waals surface area contributed by atoms with Crippen molar-refractivity contribution in [3.63, 3.8) is 0 Å². The van der Waals surface area contributed by atoms with Gasteiger partial charge in [-0.15, -0.1) is 0 Å². The molecule has 84 heavy (non-hydrogen) atoms. The van der Waals surface area contributed by atoms with Gasteiger partial charge in [0, 0.05) is 32.3 Å². The van der Waals surface area contributed by atoms with Crippen LogP contribution in [0.1, 0.15) is 0 Å². The molecule has 0 saturated carbocycles. The lowest BCUT2D eigenvalue weighted by Crippen LogP contribution is -2.00. The predicted molar refractivity (Wildman–Crippen MR) is 345 cm³/mol. The molecule has 0 radical (unpaired) electrons. The van der Waals surface area contributed by atoms with Crippen molar-refractivity contribution in [2.45, 2.75) is 0 Å². The summed E-state index contributed by atoms with van der Waals surface area (Å²) in [6, 6.07) is 83.4. The SMILES string of the molecule is O=c1oc2ccc3ccccc3c2c2c(ccc3ccccc32)oc(=O)c2cccc(c2)c(=O)oc2ccc3ccccc3c2c2c3ccccc3ccc2c2ccc3ccccc3c2c2c(ccc3ccccc32)oc(=O)c2cccc1c2. The first-order valence-corrected chi connectivity index (χ1v) is 27.5. The first kappa shape index (κ1) is 49.6. The number of benzene rings is 14. The summed E-state index contributed by atoms with van der Waals surface area (Å²) in [6.07, 6.45) is 0. The van der Waals surface area contributed by atoms with E-state index >= 15 is 0 Å². The fourth-order valence-corrected chi connectivity index (χ4v) is 12.1. The van der Waals surface area contributed by atoms with E-state index in [4.69, 9.17) is 17.7 Å². The summed E-state index contributed by atoms with van der Waals surface area (Å²) >= 11 is 0. The topological polar surface area (TPSA) is 121 Å². The molecule has 0 amide bonds. The lowest BCUT2D eigenvalue weighted by Gasteiger charge is -2.12. The van der Waals surface area contributed by atoms with Crippen LogP contribution in [0.5, 0.6) is 0 Å². The van der Waals surface area contributed by atoms with Crippen LogP contribution in [0.15, 0.2) is 304 Å². The van der Waals surface area contributed by atoms with E-state index in [9.17, 15) is 19.2 Å². The molecule has 0 N–H and O–H groups in total. The quantitative estimate of drug-likeness (QED) is 0.147. The van der Waals surface area contributed by atoms with E-state index < -0.39 is 22.5 Å². The second-order valence-corrected chi connectivity index (χ2v) is 20.8. The fourth-order valence-electron chi connectivity index (χ4n) is 12.1. The van der Waals surface area contributed by atoms with E-state index in [-0.39, 0.29) is 32.7 Å². The summed E-state index contributed by atoms with van der Waals surface area (Å²) < 4.78 is 26.1. The first-order chi connectivity index (χ1) is 41.3. The third-order valence-electron chi connectivity index (χ3n) is 15.9. The predicted octanol–water partition coefficient (Wildman–Crippen LogP) is 18.7. The van der Waals surface area contributed by atoms with Gasteiger partial charge in [0.15, 0.2) is 0 Å². The Balaban J connectivity index is 1.22. The molecule has 0 unspecified atom stereocenters. The third kappa shape index (κ3) is 8.48. The van der Waals surface area contributed by atoms with Crippen molar-refractivity contribution >= 4 is 152 Å². The summed E-state index contributed by atoms with van der Waals surface area (Å²) in [7, 11) is 0. The van der Waals surface area contributed by atoms with Crippen molar-refractivity contribution in [3.8, 4) is 0 Å². The Kier molecular flexibility index (Phi) is 11.9. The molecule has 0 fully saturated rings. The van der Waals surface area contributed by atoms with Gasteiger partial charge in [-0.2, -0.15) is 0 Å². The maximum atomic E-state index is 15.0. The smallest absolute Gasteiger partial charge is 0.343 e. The molecule has 14 aromatic carbocycles. The van der Waals surface area contributed by atoms with Crippen molar-refractivity contribution in [2.24, 2.45) is 0 Å². The summed E-state index contributed by atoms with van der Waals surface area (Å²) in [4.78, 5) is 59.5. The fraction of sp³-hybridized carbons (Fsp3) is 0. The van der Waals surface area contributed by atoms with Gasteiger partial charge in [0.05, 0.1) is 21.5 Å². The lowest BCUT2D eigenvalue weighted by molar-refractivity contribution is 0.568. The zero-order valence-corrected chi connectivity index (χ0v) is 44.7. The summed E-state index contributed by atoms with van der Waals surface area (Å²) in [5.41, 5.74) is -1.92. The maximum absolute atomic E-state index is 15.0. The molecule has 396 valence electrons. The lowest BCUT2D eigenvalue weighted by atomic mass is 9.92. The van der Waals surface area contributed by atoms with Crippen molar-refractivity contribution in [1.29, 1.82) is 0 Å². The van der Waals surface area contributed by atoms with E-state index in [1.807, 2.05) is 158 Å². The molecule has 8 heteroatoms. The molecule has 15 aromatic rings. The van der Waals surface area contributed by atoms with Gasteiger partial charge in [-0.05, 0) is 136 Å². The van der Waals surface area contributed by atoms with Crippen LogP contribution in [0.25, 0.3) is 152 Å². The molecule has 0 aliphatic rings. The molecule has 0 aliphatic carbocycles. The minimum Gasteiger partial charge on any atom is -0.422 e. The Labute approximate surface area is 475 Å². The monoisotopic (exact) mass is 1080 g/mol. The van der Waals surface area contributed by atoms with Crippen LogP contribution >= 0.6 is 0 Å². The van der Waals surface area contributed by atoms with Crippen molar-refractivity contribution in [3.05, 3.63) is 309 Å². The first-order valence-electron chi connectivity index (χ1n) is 27.5. The molecule has 4 bridgehead atoms. The van der Waals surface area contributed by atoms with Gasteiger partial charge in [-0.25, -0.2) is 19.2 Å². The van der Waals surface area contributed by atoms with Crippen LogP contribution in [-0.2, 0) is 0 Å². The average molecular weight is 1090 g/mol. The summed E-state index contributed by atoms with van der Waals surface area (Å²) in [5, 5.41) is 16.3. The van der Waals surface area contributed by atoms with Crippen LogP contribution in [-0.4, -0.2) is 0 Å². The zero-order chi connectivity index (χ0) is 56.4. The molecule has 0 saturated heterocycles. The van der Waals surface area contributed by atoms with Crippen LogP contribution in [0.2, 0.25) is 0 Å². The van der Waals surface area contributed by atoms with E-state index in [1.54, 1.807) is 48.5 Å². The standard InChI is InChI=1S/C76H44O8/c77-73-51-21-13-23-53(43-51)75(79)83-65-41-35-49-19-5-11-29-59(49)71(65)72-60-30-12-6-20-50(60)36-42-66(72)84-76(80)54-24-14-22-52(44-54)74(78)82-64-40-34-48-18-4-10-28-58(48)70(64)68-56-26-8-2-16-46(56)32-38-62(68)61-37-31-45-15-1-7-25-55(45)67(61)69-57-27-9-3-17-47(57)33-39-63(69)81-73/h1-44H. The van der Waals surface area contributed by atoms with Gasteiger partial charge in [0.1, 0.15) is 22.3 Å². The van der Waals surface area contributed by atoms with E-state index in [0.717, 1.165) is 86.2 Å². The van der Waals surface area contributed by atoms with Crippen molar-refractivity contribution in [2.75, 3.05) is 0 Å². The Morgan fingerprint density at radius 2 is 0.369 bits per heavy atom. The Morgan fingerprint density at radius 3 is 0.631 bits per heavy atom. The molecule has 15 rings (SSSR count). The van der Waals surface area contributed by atoms with Gasteiger partial charge in [-0.1, -0.05) is 206 Å². The van der Waals surface area contributed by atoms with Crippen LogP contribution in [0.4, 0.5) is 0 Å². The van der Waals surface area contributed by atoms with Crippen molar-refractivity contribution in [1.82, 2.24) is 0 Å². The van der Waals surface area contributed by atoms with Crippen LogP contribution in [0, 0.1) is 0 Å². The second kappa shape index (κ2) is 20.3. The summed E-state index contributed by atoms with van der Waals surface area (Å²) in [6.45, 7) is 0. The second-order valence-electron chi connectivity index (χ2n) is 20.8. The molecular formula is C76H44O8. The highest BCUT2D eigenvalue weighted by molar-refractivity contribution is 6.34. The van der Waals surface area contributed by atoms with Crippen LogP contribution in [0.3, 0.4) is 0 Å². The number of hydrogen-bond acceptors (Lipinski definition) is 8. The highest BCUT2D eigenvalue weighted by atomic mass is 16.4. The Hall–Kier alpha value is -11.5. The molecular weight excluding hydrogens is 1040 g/mol. The van der Waals surface area contributed by atoms with Gasteiger partial charge in [0.2, 0.25) is 0 Å². The summed E-state index contributed by atoms with van der Waals surface area (Å²) in [5.74, 6) is 0. The highest BCUT2D eigenvalue weighted by Gasteiger charge is 2.16. The maximum Gasteiger partial charge on any atom is 0.343 e. The highest BCUT2D eigenvalue weighted by Crippen LogP contribution is 2.41. The van der Waals surface area contributed by atoms with Gasteiger partial charge < -0.3 is 17.7 Å². The normalized spacial score (nSPS) is 11.5. The Morgan fingerprint density at radius 1 is 0.167 bits per heavy atom. The minimum atomic E-state index is -0.738. The molecule has 1 heterocycles. The van der Waals surface area contributed by atoms with Gasteiger partial charge in [-0.3, -0.25) is 0 Å². The largest absolute Gasteiger partial charge is 0.422 e. The van der Waals surface area contributed by atoms with E-state index in [2.05, 4.69) is 48.5 Å². The van der Waals surface area contributed by atoms with Crippen LogP contribution < -0.4 is 22.5 Å². The Bertz CT molecular complexity index is 5620. The van der Waals surface area contributed by atoms with Gasteiger partial charge >= 0.3 is 22.5 Å². The van der Waals surface area contributed by atoms with Crippen molar-refractivity contribution < 1.29 is 17.7 Å². The zero-order valence-electron chi connectivity index (χ0n) is 44.7. The molecule has 0 aliphatic heterocycles. The third-order valence-corrected chi connectivity index (χ3v) is 15.9. The minimum absolute atomic E-state index is 0.0969. The van der Waals surface area contributed by atoms with E-state index in [1.165, 1.54) is 12.1 Å². The average Bonchev–Trinajstić information content (AvgIpc) is 3.43. The van der Waals surface area contributed by atoms with Gasteiger partial charge in [0.25, 0.3) is 0 Å². The number of rotatable bonds is 0. The molecule has 0 atom stereocenters. The number of hydrogen-bond donors (Lipinski definition) is 0. The molecule has 0 spiro atoms. The number of fused-ring (bicyclic) bond motifs is 26.